The molecular formula is C12H24N2O. The average Bonchev–Trinajstić information content (AvgIpc) is 2.16. The molecule has 0 aromatic rings. The molecule has 2 atom stereocenters. The summed E-state index contributed by atoms with van der Waals surface area (Å²) in [7, 11) is 0. The van der Waals surface area contributed by atoms with Gasteiger partial charge in [-0.25, -0.2) is 0 Å². The van der Waals surface area contributed by atoms with Crippen molar-refractivity contribution in [3.63, 3.8) is 0 Å². The molecule has 88 valence electrons. The predicted molar refractivity (Wildman–Crippen MR) is 61.8 cm³/mol. The van der Waals surface area contributed by atoms with Crippen LogP contribution in [0.3, 0.4) is 0 Å². The molecule has 0 aromatic carbocycles. The van der Waals surface area contributed by atoms with Crippen LogP contribution in [0.4, 0.5) is 0 Å². The van der Waals surface area contributed by atoms with Crippen molar-refractivity contribution in [1.29, 1.82) is 0 Å². The second-order valence-electron chi connectivity index (χ2n) is 5.72. The quantitative estimate of drug-likeness (QED) is 0.751. The number of morpholine rings is 1. The van der Waals surface area contributed by atoms with Gasteiger partial charge in [-0.2, -0.15) is 0 Å². The summed E-state index contributed by atoms with van der Waals surface area (Å²) >= 11 is 0. The molecule has 2 N–H and O–H groups in total. The van der Waals surface area contributed by atoms with Crippen molar-refractivity contribution in [2.45, 2.75) is 57.2 Å². The first-order valence-electron chi connectivity index (χ1n) is 6.21. The van der Waals surface area contributed by atoms with Gasteiger partial charge in [0.1, 0.15) is 0 Å². The molecule has 3 nitrogen and oxygen atoms in total. The first kappa shape index (κ1) is 11.4. The van der Waals surface area contributed by atoms with E-state index < -0.39 is 0 Å². The minimum absolute atomic E-state index is 0.0840. The van der Waals surface area contributed by atoms with Gasteiger partial charge in [0, 0.05) is 24.7 Å². The molecule has 0 spiro atoms. The zero-order chi connectivity index (χ0) is 10.9. The SMILES string of the molecule is CC(C)(N)CN1CCOC2CCCCC21. The number of nitrogens with two attached hydrogens (primary N) is 1. The van der Waals surface area contributed by atoms with Crippen LogP contribution in [0.25, 0.3) is 0 Å². The van der Waals surface area contributed by atoms with Gasteiger partial charge in [-0.3, -0.25) is 4.90 Å². The normalized spacial score (nSPS) is 33.8. The molecule has 0 radical (unpaired) electrons. The fraction of sp³-hybridized carbons (Fsp3) is 1.00. The van der Waals surface area contributed by atoms with Crippen molar-refractivity contribution in [2.24, 2.45) is 5.73 Å². The minimum atomic E-state index is -0.0840. The second-order valence-corrected chi connectivity index (χ2v) is 5.72. The van der Waals surface area contributed by atoms with Crippen molar-refractivity contribution < 1.29 is 4.74 Å². The molecule has 1 saturated heterocycles. The molecule has 15 heavy (non-hydrogen) atoms. The van der Waals surface area contributed by atoms with Crippen molar-refractivity contribution in [1.82, 2.24) is 4.90 Å². The van der Waals surface area contributed by atoms with E-state index in [1.807, 2.05) is 0 Å². The van der Waals surface area contributed by atoms with Crippen LogP contribution in [0.5, 0.6) is 0 Å². The van der Waals surface area contributed by atoms with Crippen LogP contribution < -0.4 is 5.73 Å². The molecule has 2 rings (SSSR count). The second kappa shape index (κ2) is 4.40. The van der Waals surface area contributed by atoms with Gasteiger partial charge in [-0.1, -0.05) is 12.8 Å². The number of rotatable bonds is 2. The highest BCUT2D eigenvalue weighted by molar-refractivity contribution is 4.90. The molecule has 1 aliphatic carbocycles. The summed E-state index contributed by atoms with van der Waals surface area (Å²) in [6.07, 6.45) is 5.70. The summed E-state index contributed by atoms with van der Waals surface area (Å²) in [6, 6.07) is 0.635. The number of hydrogen-bond acceptors (Lipinski definition) is 3. The lowest BCUT2D eigenvalue weighted by atomic mass is 9.89. The highest BCUT2D eigenvalue weighted by atomic mass is 16.5. The molecule has 1 aliphatic heterocycles. The monoisotopic (exact) mass is 212 g/mol. The number of fused-ring (bicyclic) bond motifs is 1. The number of ether oxygens (including phenoxy) is 1. The molecule has 0 aromatic heterocycles. The van der Waals surface area contributed by atoms with Gasteiger partial charge < -0.3 is 10.5 Å². The zero-order valence-electron chi connectivity index (χ0n) is 10.0. The van der Waals surface area contributed by atoms with Gasteiger partial charge in [0.25, 0.3) is 0 Å². The topological polar surface area (TPSA) is 38.5 Å². The van der Waals surface area contributed by atoms with E-state index in [9.17, 15) is 0 Å². The smallest absolute Gasteiger partial charge is 0.0730 e. The van der Waals surface area contributed by atoms with Crippen LogP contribution in [0, 0.1) is 0 Å². The first-order chi connectivity index (χ1) is 7.06. The van der Waals surface area contributed by atoms with Crippen LogP contribution in [0.1, 0.15) is 39.5 Å². The molecular weight excluding hydrogens is 188 g/mol. The van der Waals surface area contributed by atoms with E-state index in [0.29, 0.717) is 12.1 Å². The van der Waals surface area contributed by atoms with Gasteiger partial charge in [0.2, 0.25) is 0 Å². The molecule has 2 aliphatic rings. The van der Waals surface area contributed by atoms with Gasteiger partial charge in [-0.05, 0) is 26.7 Å². The van der Waals surface area contributed by atoms with Crippen molar-refractivity contribution in [3.8, 4) is 0 Å². The Morgan fingerprint density at radius 1 is 1.33 bits per heavy atom. The standard InChI is InChI=1S/C12H24N2O/c1-12(2,13)9-14-7-8-15-11-6-4-3-5-10(11)14/h10-11H,3-9,13H2,1-2H3. The van der Waals surface area contributed by atoms with Crippen LogP contribution in [-0.2, 0) is 4.74 Å². The van der Waals surface area contributed by atoms with Gasteiger partial charge >= 0.3 is 0 Å². The Morgan fingerprint density at radius 3 is 2.80 bits per heavy atom. The summed E-state index contributed by atoms with van der Waals surface area (Å²) in [4.78, 5) is 2.55. The molecule has 3 heteroatoms. The summed E-state index contributed by atoms with van der Waals surface area (Å²) in [6.45, 7) is 7.16. The Morgan fingerprint density at radius 2 is 2.07 bits per heavy atom. The van der Waals surface area contributed by atoms with Crippen LogP contribution in [-0.4, -0.2) is 42.3 Å². The van der Waals surface area contributed by atoms with E-state index in [1.54, 1.807) is 0 Å². The first-order valence-corrected chi connectivity index (χ1v) is 6.21. The highest BCUT2D eigenvalue weighted by Gasteiger charge is 2.35. The fourth-order valence-electron chi connectivity index (χ4n) is 2.90. The van der Waals surface area contributed by atoms with Crippen molar-refractivity contribution >= 4 is 0 Å². The molecule has 0 bridgehead atoms. The Hall–Kier alpha value is -0.120. The highest BCUT2D eigenvalue weighted by Crippen LogP contribution is 2.28. The maximum absolute atomic E-state index is 6.11. The van der Waals surface area contributed by atoms with Crippen LogP contribution >= 0.6 is 0 Å². The van der Waals surface area contributed by atoms with E-state index in [2.05, 4.69) is 18.7 Å². The maximum atomic E-state index is 6.11. The Bertz CT molecular complexity index is 210. The summed E-state index contributed by atoms with van der Waals surface area (Å²) < 4.78 is 5.84. The van der Waals surface area contributed by atoms with Gasteiger partial charge in [-0.15, -0.1) is 0 Å². The van der Waals surface area contributed by atoms with Gasteiger partial charge in [0.15, 0.2) is 0 Å². The van der Waals surface area contributed by atoms with Crippen LogP contribution in [0.2, 0.25) is 0 Å². The van der Waals surface area contributed by atoms with Crippen molar-refractivity contribution in [3.05, 3.63) is 0 Å². The fourth-order valence-corrected chi connectivity index (χ4v) is 2.90. The van der Waals surface area contributed by atoms with E-state index in [1.165, 1.54) is 25.7 Å². The third kappa shape index (κ3) is 2.92. The summed E-state index contributed by atoms with van der Waals surface area (Å²) in [5.41, 5.74) is 6.02. The van der Waals surface area contributed by atoms with E-state index in [0.717, 1.165) is 19.7 Å². The molecule has 2 fully saturated rings. The average molecular weight is 212 g/mol. The van der Waals surface area contributed by atoms with Crippen LogP contribution in [0.15, 0.2) is 0 Å². The van der Waals surface area contributed by atoms with Gasteiger partial charge in [0.05, 0.1) is 12.7 Å². The van der Waals surface area contributed by atoms with Crippen molar-refractivity contribution in [2.75, 3.05) is 19.7 Å². The summed E-state index contributed by atoms with van der Waals surface area (Å²) in [5.74, 6) is 0. The zero-order valence-corrected chi connectivity index (χ0v) is 10.0. The molecule has 0 amide bonds. The molecule has 1 saturated carbocycles. The lowest BCUT2D eigenvalue weighted by Gasteiger charge is -2.45. The number of hydrogen-bond donors (Lipinski definition) is 1. The molecule has 2 unspecified atom stereocenters. The predicted octanol–water partition coefficient (Wildman–Crippen LogP) is 1.37. The van der Waals surface area contributed by atoms with E-state index in [4.69, 9.17) is 10.5 Å². The maximum Gasteiger partial charge on any atom is 0.0730 e. The number of nitrogens with zero attached hydrogens (tertiary/aromatic N) is 1. The Labute approximate surface area is 93.0 Å². The molecule has 1 heterocycles. The van der Waals surface area contributed by atoms with E-state index in [-0.39, 0.29) is 5.54 Å². The largest absolute Gasteiger partial charge is 0.375 e. The third-order valence-corrected chi connectivity index (χ3v) is 3.46. The summed E-state index contributed by atoms with van der Waals surface area (Å²) in [5, 5.41) is 0. The third-order valence-electron chi connectivity index (χ3n) is 3.46. The lowest BCUT2D eigenvalue weighted by molar-refractivity contribution is -0.0920. The Kier molecular flexibility index (Phi) is 3.33. The Balaban J connectivity index is 1.97. The van der Waals surface area contributed by atoms with E-state index >= 15 is 0 Å². The lowest BCUT2D eigenvalue weighted by Crippen LogP contribution is -2.57. The minimum Gasteiger partial charge on any atom is -0.375 e.